The molecule has 0 spiro atoms. The van der Waals surface area contributed by atoms with Crippen molar-refractivity contribution in [1.82, 2.24) is 0 Å². The van der Waals surface area contributed by atoms with E-state index in [1.807, 2.05) is 6.92 Å². The summed E-state index contributed by atoms with van der Waals surface area (Å²) >= 11 is 0. The van der Waals surface area contributed by atoms with Crippen LogP contribution in [0.25, 0.3) is 0 Å². The van der Waals surface area contributed by atoms with Gasteiger partial charge >= 0.3 is 0 Å². The van der Waals surface area contributed by atoms with E-state index >= 15 is 0 Å². The van der Waals surface area contributed by atoms with Crippen LogP contribution in [0.1, 0.15) is 50.0 Å². The van der Waals surface area contributed by atoms with Crippen molar-refractivity contribution in [3.63, 3.8) is 0 Å². The molecule has 1 aromatic rings. The molecule has 1 rings (SSSR count). The summed E-state index contributed by atoms with van der Waals surface area (Å²) in [5, 5.41) is 9.95. The fourth-order valence-corrected chi connectivity index (χ4v) is 1.91. The fourth-order valence-electron chi connectivity index (χ4n) is 1.91. The fraction of sp³-hybridized carbons (Fsp3) is 0.538. The number of aliphatic hydroxyl groups excluding tert-OH is 1. The second kappa shape index (κ2) is 5.16. The zero-order chi connectivity index (χ0) is 10.6. The molecule has 0 heterocycles. The van der Waals surface area contributed by atoms with E-state index < -0.39 is 0 Å². The molecular weight excluding hydrogens is 172 g/mol. The van der Waals surface area contributed by atoms with Gasteiger partial charge in [-0.25, -0.2) is 0 Å². The van der Waals surface area contributed by atoms with Gasteiger partial charge in [-0.05, 0) is 36.0 Å². The van der Waals surface area contributed by atoms with Crippen molar-refractivity contribution in [3.8, 4) is 0 Å². The summed E-state index contributed by atoms with van der Waals surface area (Å²) in [5.74, 6) is 0. The van der Waals surface area contributed by atoms with Crippen molar-refractivity contribution in [3.05, 3.63) is 34.9 Å². The van der Waals surface area contributed by atoms with Gasteiger partial charge in [0, 0.05) is 0 Å². The summed E-state index contributed by atoms with van der Waals surface area (Å²) in [6, 6.07) is 6.32. The van der Waals surface area contributed by atoms with Gasteiger partial charge in [0.2, 0.25) is 0 Å². The molecule has 0 radical (unpaired) electrons. The van der Waals surface area contributed by atoms with Crippen LogP contribution in [-0.4, -0.2) is 5.11 Å². The molecule has 1 aromatic carbocycles. The maximum Gasteiger partial charge on any atom is 0.0792 e. The van der Waals surface area contributed by atoms with E-state index in [4.69, 9.17) is 0 Å². The van der Waals surface area contributed by atoms with Crippen molar-refractivity contribution in [1.29, 1.82) is 0 Å². The van der Waals surface area contributed by atoms with Gasteiger partial charge < -0.3 is 5.11 Å². The Hall–Kier alpha value is -0.820. The van der Waals surface area contributed by atoms with Gasteiger partial charge in [0.25, 0.3) is 0 Å². The molecule has 1 atom stereocenters. The highest BCUT2D eigenvalue weighted by Gasteiger charge is 2.12. The summed E-state index contributed by atoms with van der Waals surface area (Å²) in [5.41, 5.74) is 3.75. The number of aryl methyl sites for hydroxylation is 2. The predicted molar refractivity (Wildman–Crippen MR) is 60.4 cm³/mol. The number of rotatable bonds is 4. The van der Waals surface area contributed by atoms with Gasteiger partial charge in [-0.3, -0.25) is 0 Å². The van der Waals surface area contributed by atoms with Crippen LogP contribution in [0.15, 0.2) is 18.2 Å². The minimum Gasteiger partial charge on any atom is -0.388 e. The van der Waals surface area contributed by atoms with Crippen LogP contribution in [0.4, 0.5) is 0 Å². The zero-order valence-electron chi connectivity index (χ0n) is 9.38. The Balaban J connectivity index is 3.18. The molecule has 14 heavy (non-hydrogen) atoms. The molecule has 0 saturated heterocycles. The smallest absolute Gasteiger partial charge is 0.0792 e. The Kier molecular flexibility index (Phi) is 4.15. The van der Waals surface area contributed by atoms with E-state index in [0.29, 0.717) is 0 Å². The van der Waals surface area contributed by atoms with E-state index in [1.165, 1.54) is 16.7 Å². The lowest BCUT2D eigenvalue weighted by atomic mass is 9.92. The van der Waals surface area contributed by atoms with Crippen LogP contribution in [0.3, 0.4) is 0 Å². The van der Waals surface area contributed by atoms with E-state index in [2.05, 4.69) is 32.0 Å². The molecule has 0 aliphatic rings. The number of hydrogen-bond donors (Lipinski definition) is 1. The van der Waals surface area contributed by atoms with Gasteiger partial charge in [0.15, 0.2) is 0 Å². The minimum absolute atomic E-state index is 0.291. The molecule has 0 aromatic heterocycles. The lowest BCUT2D eigenvalue weighted by Gasteiger charge is -2.17. The van der Waals surface area contributed by atoms with Gasteiger partial charge in [-0.15, -0.1) is 0 Å². The summed E-state index contributed by atoms with van der Waals surface area (Å²) in [4.78, 5) is 0. The van der Waals surface area contributed by atoms with Crippen LogP contribution in [0.2, 0.25) is 0 Å². The molecule has 0 bridgehead atoms. The summed E-state index contributed by atoms with van der Waals surface area (Å²) in [6.07, 6.45) is 2.51. The first-order valence-electron chi connectivity index (χ1n) is 5.53. The molecule has 1 unspecified atom stereocenters. The number of aliphatic hydroxyl groups is 1. The Morgan fingerprint density at radius 3 is 1.93 bits per heavy atom. The Morgan fingerprint density at radius 1 is 1.07 bits per heavy atom. The molecule has 0 saturated carbocycles. The highest BCUT2D eigenvalue weighted by atomic mass is 16.3. The van der Waals surface area contributed by atoms with Crippen molar-refractivity contribution in [2.45, 2.75) is 46.1 Å². The normalized spacial score (nSPS) is 12.9. The second-order valence-corrected chi connectivity index (χ2v) is 3.62. The number of benzene rings is 1. The predicted octanol–water partition coefficient (Wildman–Crippen LogP) is 3.25. The molecule has 1 heteroatoms. The molecule has 0 aliphatic heterocycles. The lowest BCUT2D eigenvalue weighted by Crippen LogP contribution is -2.04. The SMILES string of the molecule is CCc1cccc(CC)c1C(O)CC. The minimum atomic E-state index is -0.291. The van der Waals surface area contributed by atoms with Crippen LogP contribution >= 0.6 is 0 Å². The largest absolute Gasteiger partial charge is 0.388 e. The van der Waals surface area contributed by atoms with Crippen molar-refractivity contribution in [2.24, 2.45) is 0 Å². The van der Waals surface area contributed by atoms with Crippen LogP contribution in [0.5, 0.6) is 0 Å². The van der Waals surface area contributed by atoms with E-state index in [-0.39, 0.29) is 6.10 Å². The summed E-state index contributed by atoms with van der Waals surface area (Å²) in [6.45, 7) is 6.30. The first-order chi connectivity index (χ1) is 6.74. The maximum atomic E-state index is 9.95. The summed E-state index contributed by atoms with van der Waals surface area (Å²) < 4.78 is 0. The van der Waals surface area contributed by atoms with Crippen LogP contribution in [0, 0.1) is 0 Å². The third-order valence-electron chi connectivity index (χ3n) is 2.77. The number of hydrogen-bond acceptors (Lipinski definition) is 1. The first kappa shape index (κ1) is 11.3. The van der Waals surface area contributed by atoms with E-state index in [1.54, 1.807) is 0 Å². The second-order valence-electron chi connectivity index (χ2n) is 3.62. The quantitative estimate of drug-likeness (QED) is 0.776. The Labute approximate surface area is 86.8 Å². The monoisotopic (exact) mass is 192 g/mol. The Morgan fingerprint density at radius 2 is 1.57 bits per heavy atom. The topological polar surface area (TPSA) is 20.2 Å². The standard InChI is InChI=1S/C13H20O/c1-4-10-8-7-9-11(5-2)13(10)12(14)6-3/h7-9,12,14H,4-6H2,1-3H3. The first-order valence-corrected chi connectivity index (χ1v) is 5.53. The van der Waals surface area contributed by atoms with E-state index in [0.717, 1.165) is 19.3 Å². The van der Waals surface area contributed by atoms with Crippen molar-refractivity contribution < 1.29 is 5.11 Å². The molecule has 0 aliphatic carbocycles. The highest BCUT2D eigenvalue weighted by molar-refractivity contribution is 5.37. The van der Waals surface area contributed by atoms with Crippen LogP contribution in [-0.2, 0) is 12.8 Å². The van der Waals surface area contributed by atoms with E-state index in [9.17, 15) is 5.11 Å². The average molecular weight is 192 g/mol. The third-order valence-corrected chi connectivity index (χ3v) is 2.77. The third kappa shape index (κ3) is 2.16. The average Bonchev–Trinajstić information content (AvgIpc) is 2.26. The lowest BCUT2D eigenvalue weighted by molar-refractivity contribution is 0.171. The van der Waals surface area contributed by atoms with Gasteiger partial charge in [-0.2, -0.15) is 0 Å². The van der Waals surface area contributed by atoms with Gasteiger partial charge in [0.05, 0.1) is 6.10 Å². The Bertz CT molecular complexity index is 269. The molecule has 1 nitrogen and oxygen atoms in total. The van der Waals surface area contributed by atoms with Crippen molar-refractivity contribution in [2.75, 3.05) is 0 Å². The van der Waals surface area contributed by atoms with Crippen molar-refractivity contribution >= 4 is 0 Å². The molecule has 0 fully saturated rings. The maximum absolute atomic E-state index is 9.95. The molecule has 0 amide bonds. The summed E-state index contributed by atoms with van der Waals surface area (Å²) in [7, 11) is 0. The zero-order valence-corrected chi connectivity index (χ0v) is 9.38. The molecule has 78 valence electrons. The van der Waals surface area contributed by atoms with Gasteiger partial charge in [-0.1, -0.05) is 39.0 Å². The van der Waals surface area contributed by atoms with Gasteiger partial charge in [0.1, 0.15) is 0 Å². The molecular formula is C13H20O. The van der Waals surface area contributed by atoms with Crippen LogP contribution < -0.4 is 0 Å². The molecule has 1 N–H and O–H groups in total. The highest BCUT2D eigenvalue weighted by Crippen LogP contribution is 2.25.